The lowest BCUT2D eigenvalue weighted by molar-refractivity contribution is -0.168. The number of rotatable bonds is 4. The molecular formula is C16H28O4. The number of Topliss-reactive ketones (excluding diaryl/α,β-unsaturated/α-hetero) is 1. The second kappa shape index (κ2) is 6.25. The maximum atomic E-state index is 12.7. The Labute approximate surface area is 122 Å². The predicted molar refractivity (Wildman–Crippen MR) is 77.4 cm³/mol. The van der Waals surface area contributed by atoms with Crippen LogP contribution >= 0.6 is 0 Å². The van der Waals surface area contributed by atoms with Gasteiger partial charge in [-0.05, 0) is 52.9 Å². The largest absolute Gasteiger partial charge is 0.459 e. The zero-order valence-corrected chi connectivity index (χ0v) is 13.6. The molecule has 3 atom stereocenters. The summed E-state index contributed by atoms with van der Waals surface area (Å²) in [6.07, 6.45) is 3.45. The molecule has 1 aliphatic carbocycles. The summed E-state index contributed by atoms with van der Waals surface area (Å²) in [5, 5.41) is 0. The minimum atomic E-state index is -0.812. The molecule has 1 saturated carbocycles. The molecule has 0 aromatic rings. The summed E-state index contributed by atoms with van der Waals surface area (Å²) in [7, 11) is 1.57. The number of ketones is 1. The highest BCUT2D eigenvalue weighted by atomic mass is 16.6. The summed E-state index contributed by atoms with van der Waals surface area (Å²) in [4.78, 5) is 24.8. The van der Waals surface area contributed by atoms with Gasteiger partial charge in [-0.15, -0.1) is 0 Å². The highest BCUT2D eigenvalue weighted by Gasteiger charge is 2.46. The lowest BCUT2D eigenvalue weighted by Gasteiger charge is -2.39. The number of carbonyl (C=O) groups is 2. The average Bonchev–Trinajstić information content (AvgIpc) is 2.34. The quantitative estimate of drug-likeness (QED) is 0.588. The van der Waals surface area contributed by atoms with Gasteiger partial charge in [-0.25, -0.2) is 0 Å². The van der Waals surface area contributed by atoms with Crippen LogP contribution in [0.1, 0.15) is 60.3 Å². The molecule has 0 radical (unpaired) electrons. The van der Waals surface area contributed by atoms with E-state index in [4.69, 9.17) is 9.47 Å². The van der Waals surface area contributed by atoms with E-state index in [1.54, 1.807) is 34.8 Å². The van der Waals surface area contributed by atoms with Crippen molar-refractivity contribution < 1.29 is 19.1 Å². The summed E-state index contributed by atoms with van der Waals surface area (Å²) < 4.78 is 10.9. The van der Waals surface area contributed by atoms with Crippen LogP contribution in [0.15, 0.2) is 0 Å². The molecule has 0 amide bonds. The van der Waals surface area contributed by atoms with E-state index in [2.05, 4.69) is 6.92 Å². The molecule has 0 aromatic carbocycles. The second-order valence-electron chi connectivity index (χ2n) is 7.02. The summed E-state index contributed by atoms with van der Waals surface area (Å²) in [6, 6.07) is 0. The minimum Gasteiger partial charge on any atom is -0.459 e. The Morgan fingerprint density at radius 2 is 1.90 bits per heavy atom. The molecule has 0 heterocycles. The van der Waals surface area contributed by atoms with Crippen LogP contribution in [-0.4, -0.2) is 30.1 Å². The van der Waals surface area contributed by atoms with E-state index in [-0.39, 0.29) is 5.78 Å². The van der Waals surface area contributed by atoms with Crippen molar-refractivity contribution in [2.75, 3.05) is 7.11 Å². The minimum absolute atomic E-state index is 0.138. The van der Waals surface area contributed by atoms with Crippen LogP contribution in [0.2, 0.25) is 0 Å². The van der Waals surface area contributed by atoms with Crippen LogP contribution in [0.3, 0.4) is 0 Å². The fourth-order valence-corrected chi connectivity index (χ4v) is 2.90. The van der Waals surface area contributed by atoms with Crippen molar-refractivity contribution in [3.05, 3.63) is 0 Å². The highest BCUT2D eigenvalue weighted by molar-refractivity contribution is 6.03. The standard InChI is InChI=1S/C16H28O4/c1-11-8-7-9-16(10-11,19-6)13(17)12(2)14(18)20-15(3,4)5/h11-12H,7-10H2,1-6H3. The molecule has 0 N–H and O–H groups in total. The van der Waals surface area contributed by atoms with E-state index in [9.17, 15) is 9.59 Å². The predicted octanol–water partition coefficient (Wildman–Crippen LogP) is 3.13. The van der Waals surface area contributed by atoms with Crippen molar-refractivity contribution in [3.8, 4) is 0 Å². The lowest BCUT2D eigenvalue weighted by atomic mass is 9.73. The maximum Gasteiger partial charge on any atom is 0.316 e. The molecule has 3 unspecified atom stereocenters. The van der Waals surface area contributed by atoms with Crippen LogP contribution in [0, 0.1) is 11.8 Å². The number of carbonyl (C=O) groups excluding carboxylic acids is 2. The Kier molecular flexibility index (Phi) is 5.36. The smallest absolute Gasteiger partial charge is 0.316 e. The lowest BCUT2D eigenvalue weighted by Crippen LogP contribution is -2.49. The van der Waals surface area contributed by atoms with Crippen LogP contribution in [-0.2, 0) is 19.1 Å². The van der Waals surface area contributed by atoms with Gasteiger partial charge in [0.25, 0.3) is 0 Å². The van der Waals surface area contributed by atoms with Gasteiger partial charge in [0.15, 0.2) is 5.78 Å². The van der Waals surface area contributed by atoms with Gasteiger partial charge in [0.1, 0.15) is 17.1 Å². The summed E-state index contributed by atoms with van der Waals surface area (Å²) >= 11 is 0. The summed E-state index contributed by atoms with van der Waals surface area (Å²) in [6.45, 7) is 9.15. The first-order chi connectivity index (χ1) is 9.11. The van der Waals surface area contributed by atoms with Gasteiger partial charge in [0.2, 0.25) is 0 Å². The molecule has 116 valence electrons. The Bertz CT molecular complexity index is 369. The molecule has 0 saturated heterocycles. The fourth-order valence-electron chi connectivity index (χ4n) is 2.90. The first-order valence-corrected chi connectivity index (χ1v) is 7.43. The van der Waals surface area contributed by atoms with Gasteiger partial charge in [-0.2, -0.15) is 0 Å². The van der Waals surface area contributed by atoms with Gasteiger partial charge in [-0.1, -0.05) is 13.3 Å². The molecule has 4 nitrogen and oxygen atoms in total. The van der Waals surface area contributed by atoms with Crippen LogP contribution in [0.25, 0.3) is 0 Å². The molecule has 4 heteroatoms. The Morgan fingerprint density at radius 3 is 2.35 bits per heavy atom. The van der Waals surface area contributed by atoms with E-state index in [1.807, 2.05) is 0 Å². The summed E-state index contributed by atoms with van der Waals surface area (Å²) in [5.74, 6) is -0.934. The number of esters is 1. The first-order valence-electron chi connectivity index (χ1n) is 7.43. The third-order valence-corrected chi connectivity index (χ3v) is 3.95. The van der Waals surface area contributed by atoms with Gasteiger partial charge in [0, 0.05) is 7.11 Å². The van der Waals surface area contributed by atoms with E-state index >= 15 is 0 Å². The van der Waals surface area contributed by atoms with E-state index in [1.165, 1.54) is 0 Å². The SMILES string of the molecule is COC1(C(=O)C(C)C(=O)OC(C)(C)C)CCCC(C)C1. The third kappa shape index (κ3) is 4.05. The first kappa shape index (κ1) is 17.2. The van der Waals surface area contributed by atoms with Crippen molar-refractivity contribution in [2.45, 2.75) is 71.5 Å². The molecule has 0 aromatic heterocycles. The number of hydrogen-bond acceptors (Lipinski definition) is 4. The van der Waals surface area contributed by atoms with Crippen molar-refractivity contribution in [2.24, 2.45) is 11.8 Å². The van der Waals surface area contributed by atoms with Crippen molar-refractivity contribution in [3.63, 3.8) is 0 Å². The Morgan fingerprint density at radius 1 is 1.30 bits per heavy atom. The van der Waals surface area contributed by atoms with Gasteiger partial charge >= 0.3 is 5.97 Å². The van der Waals surface area contributed by atoms with Crippen LogP contribution < -0.4 is 0 Å². The molecule has 1 aliphatic rings. The second-order valence-corrected chi connectivity index (χ2v) is 7.02. The third-order valence-electron chi connectivity index (χ3n) is 3.95. The van der Waals surface area contributed by atoms with Crippen LogP contribution in [0.4, 0.5) is 0 Å². The molecule has 0 bridgehead atoms. The zero-order chi connectivity index (χ0) is 15.6. The monoisotopic (exact) mass is 284 g/mol. The van der Waals surface area contributed by atoms with E-state index < -0.39 is 23.1 Å². The maximum absolute atomic E-state index is 12.7. The van der Waals surface area contributed by atoms with Crippen molar-refractivity contribution in [1.82, 2.24) is 0 Å². The van der Waals surface area contributed by atoms with Gasteiger partial charge in [-0.3, -0.25) is 9.59 Å². The molecule has 20 heavy (non-hydrogen) atoms. The molecule has 1 fully saturated rings. The fraction of sp³-hybridized carbons (Fsp3) is 0.875. The topological polar surface area (TPSA) is 52.6 Å². The van der Waals surface area contributed by atoms with Crippen molar-refractivity contribution >= 4 is 11.8 Å². The van der Waals surface area contributed by atoms with Gasteiger partial charge < -0.3 is 9.47 Å². The number of ether oxygens (including phenoxy) is 2. The molecule has 0 aliphatic heterocycles. The Hall–Kier alpha value is -0.900. The summed E-state index contributed by atoms with van der Waals surface area (Å²) in [5.41, 5.74) is -1.39. The molecular weight excluding hydrogens is 256 g/mol. The average molecular weight is 284 g/mol. The normalized spacial score (nSPS) is 28.8. The number of methoxy groups -OCH3 is 1. The van der Waals surface area contributed by atoms with Crippen molar-refractivity contribution in [1.29, 1.82) is 0 Å². The van der Waals surface area contributed by atoms with Crippen LogP contribution in [0.5, 0.6) is 0 Å². The Balaban J connectivity index is 2.83. The molecule has 1 rings (SSSR count). The van der Waals surface area contributed by atoms with Gasteiger partial charge in [0.05, 0.1) is 0 Å². The molecule has 0 spiro atoms. The number of hydrogen-bond donors (Lipinski definition) is 0. The van der Waals surface area contributed by atoms with E-state index in [0.29, 0.717) is 18.8 Å². The highest BCUT2D eigenvalue weighted by Crippen LogP contribution is 2.37. The zero-order valence-electron chi connectivity index (χ0n) is 13.6. The van der Waals surface area contributed by atoms with E-state index in [0.717, 1.165) is 12.8 Å².